The zero-order valence-electron chi connectivity index (χ0n) is 25.9. The van der Waals surface area contributed by atoms with Crippen molar-refractivity contribution in [3.63, 3.8) is 0 Å². The highest BCUT2D eigenvalue weighted by atomic mass is 16.4. The minimum absolute atomic E-state index is 0.0346. The number of carboxylic acids is 1. The number of hydrogen-bond donors (Lipinski definition) is 5. The summed E-state index contributed by atoms with van der Waals surface area (Å²) in [6.45, 7) is 9.81. The Kier molecular flexibility index (Phi) is 12.0. The number of unbranched alkanes of at least 4 members (excludes halogenated alkanes) is 1. The van der Waals surface area contributed by atoms with Crippen LogP contribution in [0.5, 0.6) is 0 Å². The number of benzene rings is 1. The van der Waals surface area contributed by atoms with E-state index in [4.69, 9.17) is 0 Å². The van der Waals surface area contributed by atoms with Gasteiger partial charge in [0.05, 0.1) is 0 Å². The van der Waals surface area contributed by atoms with Crippen LogP contribution in [-0.2, 0) is 20.8 Å². The number of carboxylic acid groups (broad SMARTS) is 1. The van der Waals surface area contributed by atoms with Crippen molar-refractivity contribution in [1.82, 2.24) is 25.8 Å². The number of amides is 4. The first kappa shape index (κ1) is 33.4. The lowest BCUT2D eigenvalue weighted by Gasteiger charge is -2.39. The molecule has 1 aliphatic rings. The smallest absolute Gasteiger partial charge is 0.326 e. The fourth-order valence-corrected chi connectivity index (χ4v) is 5.88. The van der Waals surface area contributed by atoms with Gasteiger partial charge in [0, 0.05) is 29.4 Å². The number of carbonyl (C=O) groups excluding carboxylic acids is 3. The maximum atomic E-state index is 13.8. The van der Waals surface area contributed by atoms with Gasteiger partial charge in [0.1, 0.15) is 29.9 Å². The van der Waals surface area contributed by atoms with Crippen LogP contribution >= 0.6 is 0 Å². The highest BCUT2D eigenvalue weighted by Crippen LogP contribution is 2.25. The van der Waals surface area contributed by atoms with Crippen LogP contribution in [-0.4, -0.2) is 69.0 Å². The van der Waals surface area contributed by atoms with Crippen molar-refractivity contribution in [2.45, 2.75) is 116 Å². The van der Waals surface area contributed by atoms with E-state index in [9.17, 15) is 29.5 Å². The molecule has 2 aromatic rings. The minimum Gasteiger partial charge on any atom is -0.480 e. The van der Waals surface area contributed by atoms with Crippen molar-refractivity contribution in [3.8, 4) is 6.07 Å². The third-order valence-electron chi connectivity index (χ3n) is 8.18. The standard InChI is InChI=1S/C32H46N6O5/c1-6-7-14-25(31(41)42)35-30(40)27(17-23-22-13-8-9-15-24(22)34-28(23)18-33)36-29(39)26(16-19(2)3)37-32(43)38-20(4)11-10-12-21(38)5/h8-9,13,15,19-21,25-27,34H,6-7,10-12,14,16-17H2,1-5H3,(H,35,40)(H,36,39)(H,37,43)(H,41,42)/t20-,21+,25-,26+,27-/m1/s1. The summed E-state index contributed by atoms with van der Waals surface area (Å²) in [6, 6.07) is 5.92. The van der Waals surface area contributed by atoms with Crippen molar-refractivity contribution in [2.75, 3.05) is 0 Å². The lowest BCUT2D eigenvalue weighted by Crippen LogP contribution is -2.59. The molecule has 1 aromatic carbocycles. The number of nitriles is 1. The van der Waals surface area contributed by atoms with Crippen molar-refractivity contribution in [2.24, 2.45) is 5.92 Å². The number of rotatable bonds is 13. The van der Waals surface area contributed by atoms with E-state index in [1.807, 2.05) is 58.9 Å². The van der Waals surface area contributed by atoms with Gasteiger partial charge in [-0.25, -0.2) is 9.59 Å². The summed E-state index contributed by atoms with van der Waals surface area (Å²) >= 11 is 0. The normalized spacial score (nSPS) is 18.9. The second kappa shape index (κ2) is 15.4. The molecule has 1 saturated heterocycles. The molecule has 0 unspecified atom stereocenters. The maximum Gasteiger partial charge on any atom is 0.326 e. The molecule has 5 N–H and O–H groups in total. The van der Waals surface area contributed by atoms with Crippen LogP contribution in [0.2, 0.25) is 0 Å². The molecule has 11 nitrogen and oxygen atoms in total. The predicted molar refractivity (Wildman–Crippen MR) is 164 cm³/mol. The van der Waals surface area contributed by atoms with Gasteiger partial charge < -0.3 is 30.9 Å². The van der Waals surface area contributed by atoms with Crippen molar-refractivity contribution in [1.29, 1.82) is 5.26 Å². The van der Waals surface area contributed by atoms with E-state index in [1.165, 1.54) is 0 Å². The number of H-pyrrole nitrogens is 1. The Labute approximate surface area is 253 Å². The van der Waals surface area contributed by atoms with Gasteiger partial charge in [-0.15, -0.1) is 0 Å². The first-order chi connectivity index (χ1) is 20.5. The zero-order valence-corrected chi connectivity index (χ0v) is 25.9. The number of aliphatic carboxylic acids is 1. The van der Waals surface area contributed by atoms with Crippen LogP contribution < -0.4 is 16.0 Å². The average molecular weight is 595 g/mol. The number of aromatic nitrogens is 1. The molecule has 11 heteroatoms. The number of piperidine rings is 1. The summed E-state index contributed by atoms with van der Waals surface area (Å²) in [5, 5.41) is 28.6. The topological polar surface area (TPSA) is 167 Å². The molecule has 4 amide bonds. The molecule has 3 rings (SSSR count). The summed E-state index contributed by atoms with van der Waals surface area (Å²) in [4.78, 5) is 57.6. The number of urea groups is 1. The van der Waals surface area contributed by atoms with Gasteiger partial charge in [-0.05, 0) is 63.5 Å². The molecule has 234 valence electrons. The molecule has 0 saturated carbocycles. The van der Waals surface area contributed by atoms with Gasteiger partial charge in [-0.2, -0.15) is 5.26 Å². The van der Waals surface area contributed by atoms with Crippen LogP contribution in [0, 0.1) is 17.2 Å². The first-order valence-corrected chi connectivity index (χ1v) is 15.4. The zero-order chi connectivity index (χ0) is 31.7. The van der Waals surface area contributed by atoms with Crippen LogP contribution in [0.1, 0.15) is 90.8 Å². The summed E-state index contributed by atoms with van der Waals surface area (Å²) in [7, 11) is 0. The Morgan fingerprint density at radius 2 is 1.65 bits per heavy atom. The SMILES string of the molecule is CCCC[C@@H](NC(=O)[C@@H](Cc1c(C#N)[nH]c2ccccc12)NC(=O)[C@H](CC(C)C)NC(=O)N1[C@H](C)CCC[C@@H]1C)C(=O)O. The quantitative estimate of drug-likeness (QED) is 0.233. The third-order valence-corrected chi connectivity index (χ3v) is 8.18. The van der Waals surface area contributed by atoms with E-state index in [0.717, 1.165) is 31.1 Å². The second-order valence-electron chi connectivity index (χ2n) is 12.1. The number of para-hydroxylation sites is 1. The lowest BCUT2D eigenvalue weighted by atomic mass is 9.97. The Hall–Kier alpha value is -4.07. The largest absolute Gasteiger partial charge is 0.480 e. The predicted octanol–water partition coefficient (Wildman–Crippen LogP) is 4.21. The second-order valence-corrected chi connectivity index (χ2v) is 12.1. The number of nitrogens with zero attached hydrogens (tertiary/aromatic N) is 2. The van der Waals surface area contributed by atoms with Crippen LogP contribution in [0.4, 0.5) is 4.79 Å². The molecule has 1 aliphatic heterocycles. The van der Waals surface area contributed by atoms with Gasteiger partial charge in [0.15, 0.2) is 0 Å². The van der Waals surface area contributed by atoms with Gasteiger partial charge in [-0.1, -0.05) is 51.8 Å². The molecular formula is C32H46N6O5. The van der Waals surface area contributed by atoms with E-state index in [2.05, 4.69) is 27.0 Å². The molecule has 1 fully saturated rings. The van der Waals surface area contributed by atoms with E-state index in [-0.39, 0.29) is 42.6 Å². The fourth-order valence-electron chi connectivity index (χ4n) is 5.88. The van der Waals surface area contributed by atoms with Gasteiger partial charge >= 0.3 is 12.0 Å². The molecular weight excluding hydrogens is 548 g/mol. The molecule has 2 heterocycles. The van der Waals surface area contributed by atoms with Crippen molar-refractivity contribution >= 4 is 34.7 Å². The summed E-state index contributed by atoms with van der Waals surface area (Å²) in [6.07, 6.45) is 4.70. The number of carbonyl (C=O) groups is 4. The van der Waals surface area contributed by atoms with Gasteiger partial charge in [-0.3, -0.25) is 9.59 Å². The maximum absolute atomic E-state index is 13.8. The number of fused-ring (bicyclic) bond motifs is 1. The van der Waals surface area contributed by atoms with Crippen molar-refractivity contribution < 1.29 is 24.3 Å². The van der Waals surface area contributed by atoms with E-state index in [0.29, 0.717) is 23.9 Å². The van der Waals surface area contributed by atoms with Crippen LogP contribution in [0.15, 0.2) is 24.3 Å². The van der Waals surface area contributed by atoms with Crippen molar-refractivity contribution in [3.05, 3.63) is 35.5 Å². The molecule has 0 spiro atoms. The fraction of sp³-hybridized carbons (Fsp3) is 0.594. The monoisotopic (exact) mass is 594 g/mol. The molecule has 43 heavy (non-hydrogen) atoms. The first-order valence-electron chi connectivity index (χ1n) is 15.4. The molecule has 0 bridgehead atoms. The van der Waals surface area contributed by atoms with Crippen LogP contribution in [0.25, 0.3) is 10.9 Å². The van der Waals surface area contributed by atoms with E-state index in [1.54, 1.807) is 4.90 Å². The Bertz CT molecular complexity index is 1320. The molecule has 0 radical (unpaired) electrons. The minimum atomic E-state index is -1.19. The Morgan fingerprint density at radius 3 is 2.26 bits per heavy atom. The van der Waals surface area contributed by atoms with Gasteiger partial charge in [0.25, 0.3) is 0 Å². The number of hydrogen-bond acceptors (Lipinski definition) is 5. The molecule has 5 atom stereocenters. The number of likely N-dealkylation sites (tertiary alicyclic amines) is 1. The Balaban J connectivity index is 1.91. The molecule has 0 aliphatic carbocycles. The van der Waals surface area contributed by atoms with E-state index >= 15 is 0 Å². The average Bonchev–Trinajstić information content (AvgIpc) is 3.31. The summed E-state index contributed by atoms with van der Waals surface area (Å²) in [5.41, 5.74) is 1.51. The number of aromatic amines is 1. The summed E-state index contributed by atoms with van der Waals surface area (Å²) in [5.74, 6) is -2.31. The highest BCUT2D eigenvalue weighted by molar-refractivity contribution is 5.94. The van der Waals surface area contributed by atoms with E-state index < -0.39 is 35.9 Å². The highest BCUT2D eigenvalue weighted by Gasteiger charge is 2.34. The van der Waals surface area contributed by atoms with Gasteiger partial charge in [0.2, 0.25) is 11.8 Å². The summed E-state index contributed by atoms with van der Waals surface area (Å²) < 4.78 is 0. The Morgan fingerprint density at radius 1 is 1.02 bits per heavy atom. The molecule has 1 aromatic heterocycles. The van der Waals surface area contributed by atoms with Crippen LogP contribution in [0.3, 0.4) is 0 Å². The number of nitrogens with one attached hydrogen (secondary N) is 4. The third kappa shape index (κ3) is 8.72. The lowest BCUT2D eigenvalue weighted by molar-refractivity contribution is -0.142.